The van der Waals surface area contributed by atoms with Gasteiger partial charge in [0.25, 0.3) is 0 Å². The van der Waals surface area contributed by atoms with Crippen molar-refractivity contribution in [1.29, 1.82) is 0 Å². The first-order valence-electron chi connectivity index (χ1n) is 8.28. The molecule has 2 aromatic heterocycles. The number of rotatable bonds is 4. The zero-order valence-corrected chi connectivity index (χ0v) is 14.6. The van der Waals surface area contributed by atoms with E-state index in [1.54, 1.807) is 29.0 Å². The van der Waals surface area contributed by atoms with Crippen molar-refractivity contribution < 1.29 is 5.11 Å². The van der Waals surface area contributed by atoms with Crippen LogP contribution in [0.2, 0.25) is 0 Å². The second-order valence-electron chi connectivity index (χ2n) is 6.24. The van der Waals surface area contributed by atoms with Gasteiger partial charge in [-0.05, 0) is 42.0 Å². The molecule has 2 aromatic carbocycles. The highest BCUT2D eigenvalue weighted by Gasteiger charge is 2.11. The summed E-state index contributed by atoms with van der Waals surface area (Å²) in [6, 6.07) is 17.1. The lowest BCUT2D eigenvalue weighted by molar-refractivity contribution is 0.475. The highest BCUT2D eigenvalue weighted by molar-refractivity contribution is 5.79. The van der Waals surface area contributed by atoms with Gasteiger partial charge in [-0.2, -0.15) is 9.61 Å². The van der Waals surface area contributed by atoms with E-state index in [1.165, 1.54) is 0 Å². The highest BCUT2D eigenvalue weighted by Crippen LogP contribution is 2.28. The maximum atomic E-state index is 9.74. The third-order valence-corrected chi connectivity index (χ3v) is 4.19. The molecule has 0 aliphatic carbocycles. The van der Waals surface area contributed by atoms with Gasteiger partial charge in [0.2, 0.25) is 0 Å². The predicted molar refractivity (Wildman–Crippen MR) is 104 cm³/mol. The molecular formula is C20H19N5O. The second kappa shape index (κ2) is 6.40. The van der Waals surface area contributed by atoms with Crippen molar-refractivity contribution in [2.45, 2.75) is 0 Å². The average molecular weight is 345 g/mol. The quantitative estimate of drug-likeness (QED) is 0.587. The summed E-state index contributed by atoms with van der Waals surface area (Å²) < 4.78 is 1.77. The van der Waals surface area contributed by atoms with Gasteiger partial charge in [-0.15, -0.1) is 0 Å². The van der Waals surface area contributed by atoms with Crippen LogP contribution in [0.5, 0.6) is 5.75 Å². The fourth-order valence-corrected chi connectivity index (χ4v) is 2.87. The van der Waals surface area contributed by atoms with Crippen LogP contribution in [-0.2, 0) is 0 Å². The molecule has 4 rings (SSSR count). The molecule has 0 radical (unpaired) electrons. The Bertz CT molecular complexity index is 1070. The number of anilines is 3. The monoisotopic (exact) mass is 345 g/mol. The molecular weight excluding hydrogens is 326 g/mol. The molecule has 0 unspecified atom stereocenters. The minimum Gasteiger partial charge on any atom is -0.508 e. The molecule has 0 spiro atoms. The van der Waals surface area contributed by atoms with E-state index in [0.29, 0.717) is 0 Å². The fourth-order valence-electron chi connectivity index (χ4n) is 2.87. The Morgan fingerprint density at radius 1 is 1.04 bits per heavy atom. The van der Waals surface area contributed by atoms with Gasteiger partial charge in [-0.1, -0.05) is 18.2 Å². The van der Waals surface area contributed by atoms with Crippen molar-refractivity contribution in [1.82, 2.24) is 14.6 Å². The van der Waals surface area contributed by atoms with Crippen molar-refractivity contribution >= 4 is 22.8 Å². The van der Waals surface area contributed by atoms with Crippen molar-refractivity contribution in [2.75, 3.05) is 24.3 Å². The van der Waals surface area contributed by atoms with Gasteiger partial charge >= 0.3 is 0 Å². The molecule has 26 heavy (non-hydrogen) atoms. The molecule has 0 aliphatic rings. The molecule has 0 aliphatic heterocycles. The molecule has 0 atom stereocenters. The Kier molecular flexibility index (Phi) is 3.93. The summed E-state index contributed by atoms with van der Waals surface area (Å²) in [6.45, 7) is 0. The molecule has 130 valence electrons. The number of benzene rings is 2. The van der Waals surface area contributed by atoms with Crippen molar-refractivity contribution in [3.05, 3.63) is 67.0 Å². The fraction of sp³-hybridized carbons (Fsp3) is 0.100. The van der Waals surface area contributed by atoms with Crippen LogP contribution < -0.4 is 10.2 Å². The number of nitrogens with zero attached hydrogens (tertiary/aromatic N) is 4. The van der Waals surface area contributed by atoms with Crippen LogP contribution in [0.4, 0.5) is 17.2 Å². The van der Waals surface area contributed by atoms with Crippen LogP contribution in [-0.4, -0.2) is 33.8 Å². The topological polar surface area (TPSA) is 65.7 Å². The third-order valence-electron chi connectivity index (χ3n) is 4.19. The summed E-state index contributed by atoms with van der Waals surface area (Å²) in [6.07, 6.45) is 3.51. The summed E-state index contributed by atoms with van der Waals surface area (Å²) in [5.41, 5.74) is 4.55. The second-order valence-corrected chi connectivity index (χ2v) is 6.24. The van der Waals surface area contributed by atoms with Crippen LogP contribution in [0.15, 0.2) is 67.0 Å². The summed E-state index contributed by atoms with van der Waals surface area (Å²) in [7, 11) is 4.03. The molecule has 4 aromatic rings. The molecule has 2 heterocycles. The lowest BCUT2D eigenvalue weighted by atomic mass is 10.1. The molecule has 6 heteroatoms. The molecule has 2 N–H and O–H groups in total. The first-order valence-corrected chi connectivity index (χ1v) is 8.28. The molecule has 0 amide bonds. The van der Waals surface area contributed by atoms with E-state index in [2.05, 4.69) is 32.4 Å². The normalized spacial score (nSPS) is 10.8. The van der Waals surface area contributed by atoms with E-state index in [4.69, 9.17) is 0 Å². The largest absolute Gasteiger partial charge is 0.508 e. The zero-order chi connectivity index (χ0) is 18.1. The first kappa shape index (κ1) is 16.0. The lowest BCUT2D eigenvalue weighted by Gasteiger charge is -2.14. The van der Waals surface area contributed by atoms with Crippen LogP contribution >= 0.6 is 0 Å². The summed E-state index contributed by atoms with van der Waals surface area (Å²) in [5, 5.41) is 17.6. The SMILES string of the molecule is CN(C)c1cccc(Nc2ccnc3c(-c4cccc(O)c4)cnn23)c1. The van der Waals surface area contributed by atoms with Gasteiger partial charge in [-0.3, -0.25) is 0 Å². The molecule has 0 bridgehead atoms. The summed E-state index contributed by atoms with van der Waals surface area (Å²) in [5.74, 6) is 1.04. The number of aromatic hydroxyl groups is 1. The average Bonchev–Trinajstić information content (AvgIpc) is 3.07. The molecule has 0 saturated heterocycles. The van der Waals surface area contributed by atoms with E-state index in [-0.39, 0.29) is 5.75 Å². The Morgan fingerprint density at radius 3 is 2.69 bits per heavy atom. The van der Waals surface area contributed by atoms with E-state index >= 15 is 0 Å². The number of phenols is 1. The number of aromatic nitrogens is 3. The number of hydrogen-bond acceptors (Lipinski definition) is 5. The first-order chi connectivity index (χ1) is 12.6. The molecule has 0 saturated carbocycles. The van der Waals surface area contributed by atoms with Crippen molar-refractivity contribution in [3.63, 3.8) is 0 Å². The molecule has 0 fully saturated rings. The van der Waals surface area contributed by atoms with E-state index in [1.807, 2.05) is 44.4 Å². The van der Waals surface area contributed by atoms with Crippen LogP contribution in [0.1, 0.15) is 0 Å². The number of fused-ring (bicyclic) bond motifs is 1. The smallest absolute Gasteiger partial charge is 0.165 e. The van der Waals surface area contributed by atoms with Gasteiger partial charge in [0.15, 0.2) is 5.65 Å². The standard InChI is InChI=1S/C20H19N5O/c1-24(2)16-7-4-6-15(12-16)23-19-9-10-21-20-18(13-22-25(19)20)14-5-3-8-17(26)11-14/h3-13,23,26H,1-2H3. The number of hydrogen-bond donors (Lipinski definition) is 2. The van der Waals surface area contributed by atoms with Crippen molar-refractivity contribution in [2.24, 2.45) is 0 Å². The van der Waals surface area contributed by atoms with Gasteiger partial charge < -0.3 is 15.3 Å². The highest BCUT2D eigenvalue weighted by atomic mass is 16.3. The molecule has 6 nitrogen and oxygen atoms in total. The van der Waals surface area contributed by atoms with Gasteiger partial charge in [0.05, 0.1) is 6.20 Å². The van der Waals surface area contributed by atoms with Crippen molar-refractivity contribution in [3.8, 4) is 16.9 Å². The minimum absolute atomic E-state index is 0.219. The van der Waals surface area contributed by atoms with Gasteiger partial charge in [0, 0.05) is 37.2 Å². The van der Waals surface area contributed by atoms with Crippen LogP contribution in [0.3, 0.4) is 0 Å². The Morgan fingerprint density at radius 2 is 1.88 bits per heavy atom. The Balaban J connectivity index is 1.75. The lowest BCUT2D eigenvalue weighted by Crippen LogP contribution is -2.08. The van der Waals surface area contributed by atoms with E-state index in [0.717, 1.165) is 34.0 Å². The zero-order valence-electron chi connectivity index (χ0n) is 14.6. The van der Waals surface area contributed by atoms with E-state index < -0.39 is 0 Å². The van der Waals surface area contributed by atoms with Gasteiger partial charge in [0.1, 0.15) is 11.6 Å². The Hall–Kier alpha value is -3.54. The Labute approximate surface area is 151 Å². The summed E-state index contributed by atoms with van der Waals surface area (Å²) in [4.78, 5) is 6.52. The third kappa shape index (κ3) is 2.93. The number of nitrogens with one attached hydrogen (secondary N) is 1. The summed E-state index contributed by atoms with van der Waals surface area (Å²) >= 11 is 0. The maximum Gasteiger partial charge on any atom is 0.165 e. The predicted octanol–water partition coefficient (Wildman–Crippen LogP) is 3.91. The minimum atomic E-state index is 0.219. The van der Waals surface area contributed by atoms with Crippen LogP contribution in [0, 0.1) is 0 Å². The maximum absolute atomic E-state index is 9.74. The van der Waals surface area contributed by atoms with Crippen LogP contribution in [0.25, 0.3) is 16.8 Å². The van der Waals surface area contributed by atoms with E-state index in [9.17, 15) is 5.11 Å². The van der Waals surface area contributed by atoms with Gasteiger partial charge in [-0.25, -0.2) is 4.98 Å². The number of phenolic OH excluding ortho intramolecular Hbond substituents is 1.